The summed E-state index contributed by atoms with van der Waals surface area (Å²) >= 11 is 0. The van der Waals surface area contributed by atoms with Crippen molar-refractivity contribution in [1.29, 1.82) is 0 Å². The van der Waals surface area contributed by atoms with Gasteiger partial charge in [0.15, 0.2) is 0 Å². The van der Waals surface area contributed by atoms with Gasteiger partial charge in [-0.3, -0.25) is 0 Å². The molecule has 0 N–H and O–H groups in total. The van der Waals surface area contributed by atoms with Crippen molar-refractivity contribution in [2.45, 2.75) is 46.7 Å². The number of rotatable bonds is 3. The lowest BCUT2D eigenvalue weighted by atomic mass is 9.87. The van der Waals surface area contributed by atoms with Gasteiger partial charge in [0.25, 0.3) is 0 Å². The maximum absolute atomic E-state index is 2.54. The summed E-state index contributed by atoms with van der Waals surface area (Å²) in [5.41, 5.74) is 1.85. The highest BCUT2D eigenvalue weighted by Crippen LogP contribution is 2.39. The summed E-state index contributed by atoms with van der Waals surface area (Å²) in [7, 11) is -1.52. The van der Waals surface area contributed by atoms with Crippen molar-refractivity contribution < 1.29 is 0 Å². The lowest BCUT2D eigenvalue weighted by Crippen LogP contribution is -2.47. The number of hydrogen-bond donors (Lipinski definition) is 0. The van der Waals surface area contributed by atoms with E-state index in [4.69, 9.17) is 0 Å². The Labute approximate surface area is 119 Å². The van der Waals surface area contributed by atoms with E-state index < -0.39 is 8.07 Å². The Hall–Kier alpha value is -1.08. The summed E-state index contributed by atoms with van der Waals surface area (Å²) in [6.07, 6.45) is 5.90. The predicted molar refractivity (Wildman–Crippen MR) is 88.4 cm³/mol. The Morgan fingerprint density at radius 3 is 2.26 bits per heavy atom. The molecule has 0 amide bonds. The summed E-state index contributed by atoms with van der Waals surface area (Å²) in [6, 6.07) is 12.5. The van der Waals surface area contributed by atoms with Gasteiger partial charge in [-0.15, -0.1) is 0 Å². The van der Waals surface area contributed by atoms with Gasteiger partial charge in [0.2, 0.25) is 0 Å². The maximum Gasteiger partial charge on any atom is 0.111 e. The SMILES string of the molecule is CC[Si](C)(C1=C(C(C)(C)C)C=CC1)c1ccccc1. The average molecular weight is 270 g/mol. The Morgan fingerprint density at radius 1 is 1.11 bits per heavy atom. The van der Waals surface area contributed by atoms with Crippen LogP contribution in [0.2, 0.25) is 12.6 Å². The van der Waals surface area contributed by atoms with Crippen LogP contribution in [0.15, 0.2) is 53.3 Å². The molecular weight excluding hydrogens is 244 g/mol. The van der Waals surface area contributed by atoms with Gasteiger partial charge >= 0.3 is 0 Å². The van der Waals surface area contributed by atoms with Gasteiger partial charge in [-0.2, -0.15) is 0 Å². The van der Waals surface area contributed by atoms with Crippen molar-refractivity contribution in [2.24, 2.45) is 5.41 Å². The molecule has 0 radical (unpaired) electrons. The molecule has 1 aliphatic rings. The van der Waals surface area contributed by atoms with Crippen LogP contribution >= 0.6 is 0 Å². The van der Waals surface area contributed by atoms with E-state index in [1.807, 2.05) is 0 Å². The Balaban J connectivity index is 2.54. The summed E-state index contributed by atoms with van der Waals surface area (Å²) in [5, 5.41) is 3.33. The van der Waals surface area contributed by atoms with Crippen LogP contribution in [0.3, 0.4) is 0 Å². The molecule has 1 unspecified atom stereocenters. The van der Waals surface area contributed by atoms with Crippen LogP contribution in [-0.4, -0.2) is 8.07 Å². The zero-order valence-electron chi connectivity index (χ0n) is 13.0. The average Bonchev–Trinajstić information content (AvgIpc) is 2.88. The molecule has 0 aromatic heterocycles. The zero-order valence-corrected chi connectivity index (χ0v) is 14.0. The molecule has 0 spiro atoms. The third-order valence-electron chi connectivity index (χ3n) is 4.52. The fourth-order valence-corrected chi connectivity index (χ4v) is 6.86. The standard InChI is InChI=1S/C18H26Si/c1-6-19(5,15-11-8-7-9-12-15)17-14-10-13-16(17)18(2,3)4/h7-13H,6,14H2,1-5H3. The molecule has 0 bridgehead atoms. The third-order valence-corrected chi connectivity index (χ3v) is 9.35. The predicted octanol–water partition coefficient (Wildman–Crippen LogP) is 4.83. The summed E-state index contributed by atoms with van der Waals surface area (Å²) in [5.74, 6) is 0. The number of allylic oxidation sites excluding steroid dienone is 4. The maximum atomic E-state index is 2.54. The van der Waals surface area contributed by atoms with Crippen molar-refractivity contribution in [1.82, 2.24) is 0 Å². The van der Waals surface area contributed by atoms with Gasteiger partial charge < -0.3 is 0 Å². The van der Waals surface area contributed by atoms with E-state index in [-0.39, 0.29) is 5.41 Å². The molecule has 2 rings (SSSR count). The van der Waals surface area contributed by atoms with Crippen LogP contribution in [0.4, 0.5) is 0 Å². The first-order chi connectivity index (χ1) is 8.89. The van der Waals surface area contributed by atoms with Crippen LogP contribution < -0.4 is 5.19 Å². The third kappa shape index (κ3) is 2.62. The van der Waals surface area contributed by atoms with Gasteiger partial charge in [0, 0.05) is 0 Å². The van der Waals surface area contributed by atoms with E-state index in [0.717, 1.165) is 6.42 Å². The lowest BCUT2D eigenvalue weighted by molar-refractivity contribution is 0.516. The minimum atomic E-state index is -1.52. The number of hydrogen-bond acceptors (Lipinski definition) is 0. The summed E-state index contributed by atoms with van der Waals surface area (Å²) in [6.45, 7) is 11.9. The van der Waals surface area contributed by atoms with E-state index in [9.17, 15) is 0 Å². The van der Waals surface area contributed by atoms with Crippen LogP contribution in [0.25, 0.3) is 0 Å². The first-order valence-corrected chi connectivity index (χ1v) is 10.1. The van der Waals surface area contributed by atoms with E-state index in [2.05, 4.69) is 76.7 Å². The zero-order chi connectivity index (χ0) is 14.1. The fraction of sp³-hybridized carbons (Fsp3) is 0.444. The Bertz CT molecular complexity index is 502. The van der Waals surface area contributed by atoms with Crippen LogP contribution in [0, 0.1) is 5.41 Å². The molecule has 0 heterocycles. The second-order valence-electron chi connectivity index (χ2n) is 6.80. The fourth-order valence-electron chi connectivity index (χ4n) is 3.13. The molecule has 102 valence electrons. The Kier molecular flexibility index (Phi) is 3.87. The second kappa shape index (κ2) is 5.13. The molecule has 1 aromatic carbocycles. The smallest absolute Gasteiger partial charge is 0.0805 e. The van der Waals surface area contributed by atoms with Crippen LogP contribution in [0.1, 0.15) is 34.1 Å². The van der Waals surface area contributed by atoms with Gasteiger partial charge in [-0.25, -0.2) is 0 Å². The Morgan fingerprint density at radius 2 is 1.74 bits per heavy atom. The van der Waals surface area contributed by atoms with Crippen molar-refractivity contribution in [3.8, 4) is 0 Å². The van der Waals surface area contributed by atoms with E-state index in [1.165, 1.54) is 6.04 Å². The van der Waals surface area contributed by atoms with Gasteiger partial charge in [0.1, 0.15) is 8.07 Å². The van der Waals surface area contributed by atoms with Crippen molar-refractivity contribution in [3.63, 3.8) is 0 Å². The van der Waals surface area contributed by atoms with Crippen LogP contribution in [-0.2, 0) is 0 Å². The minimum Gasteiger partial charge on any atom is -0.0805 e. The molecule has 0 saturated carbocycles. The first kappa shape index (κ1) is 14.3. The second-order valence-corrected chi connectivity index (χ2v) is 11.4. The van der Waals surface area contributed by atoms with Crippen molar-refractivity contribution in [3.05, 3.63) is 53.3 Å². The molecule has 19 heavy (non-hydrogen) atoms. The van der Waals surface area contributed by atoms with Gasteiger partial charge in [-0.05, 0) is 17.4 Å². The van der Waals surface area contributed by atoms with Gasteiger partial charge in [0.05, 0.1) is 0 Å². The molecule has 0 aliphatic heterocycles. The van der Waals surface area contributed by atoms with Crippen LogP contribution in [0.5, 0.6) is 0 Å². The summed E-state index contributed by atoms with van der Waals surface area (Å²) < 4.78 is 0. The highest BCUT2D eigenvalue weighted by Gasteiger charge is 2.36. The van der Waals surface area contributed by atoms with E-state index in [0.29, 0.717) is 0 Å². The highest BCUT2D eigenvalue weighted by atomic mass is 28.3. The largest absolute Gasteiger partial charge is 0.111 e. The summed E-state index contributed by atoms with van der Waals surface area (Å²) in [4.78, 5) is 0. The molecule has 1 aliphatic carbocycles. The molecular formula is C18H26Si. The highest BCUT2D eigenvalue weighted by molar-refractivity contribution is 6.96. The monoisotopic (exact) mass is 270 g/mol. The van der Waals surface area contributed by atoms with Crippen molar-refractivity contribution >= 4 is 13.3 Å². The molecule has 0 saturated heterocycles. The minimum absolute atomic E-state index is 0.264. The first-order valence-electron chi connectivity index (χ1n) is 7.36. The van der Waals surface area contributed by atoms with E-state index >= 15 is 0 Å². The van der Waals surface area contributed by atoms with Gasteiger partial charge in [-0.1, -0.05) is 93.2 Å². The quantitative estimate of drug-likeness (QED) is 0.690. The lowest BCUT2D eigenvalue weighted by Gasteiger charge is -2.33. The van der Waals surface area contributed by atoms with Crippen molar-refractivity contribution in [2.75, 3.05) is 0 Å². The normalized spacial score (nSPS) is 18.8. The van der Waals surface area contributed by atoms with E-state index in [1.54, 1.807) is 16.0 Å². The molecule has 0 fully saturated rings. The molecule has 1 atom stereocenters. The molecule has 1 aromatic rings. The molecule has 0 nitrogen and oxygen atoms in total. The number of benzene rings is 1. The topological polar surface area (TPSA) is 0 Å². The molecule has 1 heteroatoms.